The number of carbonyl (C=O) groups is 1. The Balaban J connectivity index is 3.93. The van der Waals surface area contributed by atoms with Crippen molar-refractivity contribution in [1.82, 2.24) is 0 Å². The number of carbonyl (C=O) groups excluding carboxylic acids is 1. The van der Waals surface area contributed by atoms with Crippen LogP contribution in [0, 0.1) is 5.41 Å². The molecule has 0 saturated carbocycles. The van der Waals surface area contributed by atoms with Gasteiger partial charge in [-0.2, -0.15) is 5.90 Å². The highest BCUT2D eigenvalue weighted by molar-refractivity contribution is 5.75. The molecule has 0 bridgehead atoms. The van der Waals surface area contributed by atoms with Crippen LogP contribution in [0.2, 0.25) is 0 Å². The molecule has 0 saturated heterocycles. The first-order chi connectivity index (χ1) is 6.60. The van der Waals surface area contributed by atoms with Gasteiger partial charge in [-0.05, 0) is 19.8 Å². The van der Waals surface area contributed by atoms with E-state index in [2.05, 4.69) is 11.8 Å². The summed E-state index contributed by atoms with van der Waals surface area (Å²) < 4.78 is 0. The minimum absolute atomic E-state index is 0.281. The van der Waals surface area contributed by atoms with E-state index in [-0.39, 0.29) is 11.4 Å². The molecular weight excluding hydrogens is 178 g/mol. The van der Waals surface area contributed by atoms with Gasteiger partial charge in [0.05, 0.1) is 5.41 Å². The summed E-state index contributed by atoms with van der Waals surface area (Å²) >= 11 is 0. The normalized spacial score (nSPS) is 14.9. The summed E-state index contributed by atoms with van der Waals surface area (Å²) in [6.07, 6.45) is 6.37. The second-order valence-corrected chi connectivity index (χ2v) is 4.13. The Kier molecular flexibility index (Phi) is 6.54. The Morgan fingerprint density at radius 1 is 1.29 bits per heavy atom. The lowest BCUT2D eigenvalue weighted by Crippen LogP contribution is -2.31. The van der Waals surface area contributed by atoms with Gasteiger partial charge < -0.3 is 4.84 Å². The molecule has 0 aliphatic rings. The summed E-state index contributed by atoms with van der Waals surface area (Å²) in [6.45, 7) is 6.10. The minimum Gasteiger partial charge on any atom is -0.373 e. The van der Waals surface area contributed by atoms with Crippen LogP contribution in [-0.4, -0.2) is 5.97 Å². The van der Waals surface area contributed by atoms with Crippen molar-refractivity contribution in [2.45, 2.75) is 59.3 Å². The van der Waals surface area contributed by atoms with Crippen LogP contribution in [0.15, 0.2) is 0 Å². The molecule has 0 aromatic heterocycles. The quantitative estimate of drug-likeness (QED) is 0.509. The smallest absolute Gasteiger partial charge is 0.330 e. The topological polar surface area (TPSA) is 52.3 Å². The lowest BCUT2D eigenvalue weighted by atomic mass is 9.82. The van der Waals surface area contributed by atoms with Crippen LogP contribution in [-0.2, 0) is 9.63 Å². The SMILES string of the molecule is CCCCCCC(C)(CC)C(=O)ON. The summed E-state index contributed by atoms with van der Waals surface area (Å²) in [5.41, 5.74) is -0.386. The molecule has 84 valence electrons. The molecule has 0 rings (SSSR count). The van der Waals surface area contributed by atoms with Crippen molar-refractivity contribution in [3.8, 4) is 0 Å². The maximum atomic E-state index is 11.4. The highest BCUT2D eigenvalue weighted by atomic mass is 16.7. The first-order valence-corrected chi connectivity index (χ1v) is 5.52. The van der Waals surface area contributed by atoms with E-state index in [0.29, 0.717) is 0 Å². The zero-order valence-electron chi connectivity index (χ0n) is 9.64. The summed E-state index contributed by atoms with van der Waals surface area (Å²) in [7, 11) is 0. The van der Waals surface area contributed by atoms with E-state index >= 15 is 0 Å². The van der Waals surface area contributed by atoms with Crippen molar-refractivity contribution in [3.63, 3.8) is 0 Å². The largest absolute Gasteiger partial charge is 0.373 e. The molecule has 3 heteroatoms. The summed E-state index contributed by atoms with van der Waals surface area (Å²) in [6, 6.07) is 0. The van der Waals surface area contributed by atoms with Crippen LogP contribution in [0.3, 0.4) is 0 Å². The highest BCUT2D eigenvalue weighted by Crippen LogP contribution is 2.29. The van der Waals surface area contributed by atoms with E-state index in [1.54, 1.807) is 0 Å². The molecule has 1 atom stereocenters. The third-order valence-electron chi connectivity index (χ3n) is 2.96. The summed E-state index contributed by atoms with van der Waals surface area (Å²) in [5, 5.41) is 0. The van der Waals surface area contributed by atoms with Crippen LogP contribution in [0.5, 0.6) is 0 Å². The predicted molar refractivity (Wildman–Crippen MR) is 57.4 cm³/mol. The number of unbranched alkanes of at least 4 members (excludes halogenated alkanes) is 3. The van der Waals surface area contributed by atoms with Crippen molar-refractivity contribution in [3.05, 3.63) is 0 Å². The third-order valence-corrected chi connectivity index (χ3v) is 2.96. The fourth-order valence-corrected chi connectivity index (χ4v) is 1.51. The standard InChI is InChI=1S/C11H23NO2/c1-4-6-7-8-9-11(3,5-2)10(13)14-12/h4-9,12H2,1-3H3. The average Bonchev–Trinajstić information content (AvgIpc) is 2.22. The molecule has 0 aliphatic heterocycles. The second kappa shape index (κ2) is 6.82. The fraction of sp³-hybridized carbons (Fsp3) is 0.909. The third kappa shape index (κ3) is 4.09. The predicted octanol–water partition coefficient (Wildman–Crippen LogP) is 2.79. The van der Waals surface area contributed by atoms with Crippen LogP contribution >= 0.6 is 0 Å². The van der Waals surface area contributed by atoms with Gasteiger partial charge in [0, 0.05) is 0 Å². The fourth-order valence-electron chi connectivity index (χ4n) is 1.51. The molecule has 0 heterocycles. The Hall–Kier alpha value is -0.570. The van der Waals surface area contributed by atoms with Crippen molar-refractivity contribution in [1.29, 1.82) is 0 Å². The molecule has 0 aromatic carbocycles. The molecule has 14 heavy (non-hydrogen) atoms. The molecule has 0 amide bonds. The lowest BCUT2D eigenvalue weighted by Gasteiger charge is -2.24. The van der Waals surface area contributed by atoms with Crippen LogP contribution in [0.25, 0.3) is 0 Å². The Labute approximate surface area is 87.0 Å². The van der Waals surface area contributed by atoms with Gasteiger partial charge in [-0.3, -0.25) is 0 Å². The lowest BCUT2D eigenvalue weighted by molar-refractivity contribution is -0.156. The van der Waals surface area contributed by atoms with E-state index in [0.717, 1.165) is 19.3 Å². The van der Waals surface area contributed by atoms with Gasteiger partial charge in [-0.15, -0.1) is 0 Å². The molecule has 3 nitrogen and oxygen atoms in total. The first kappa shape index (κ1) is 13.4. The van der Waals surface area contributed by atoms with E-state index in [1.165, 1.54) is 19.3 Å². The molecule has 0 radical (unpaired) electrons. The Bertz CT molecular complexity index is 171. The number of hydrogen-bond acceptors (Lipinski definition) is 3. The van der Waals surface area contributed by atoms with Crippen LogP contribution in [0.1, 0.15) is 59.3 Å². The van der Waals surface area contributed by atoms with Gasteiger partial charge >= 0.3 is 5.97 Å². The van der Waals surface area contributed by atoms with E-state index in [4.69, 9.17) is 5.90 Å². The Morgan fingerprint density at radius 3 is 2.36 bits per heavy atom. The van der Waals surface area contributed by atoms with Gasteiger partial charge in [0.1, 0.15) is 0 Å². The van der Waals surface area contributed by atoms with Gasteiger partial charge in [-0.1, -0.05) is 39.5 Å². The maximum Gasteiger partial charge on any atom is 0.330 e. The monoisotopic (exact) mass is 201 g/mol. The van der Waals surface area contributed by atoms with Gasteiger partial charge in [0.2, 0.25) is 0 Å². The highest BCUT2D eigenvalue weighted by Gasteiger charge is 2.31. The van der Waals surface area contributed by atoms with Crippen molar-refractivity contribution >= 4 is 5.97 Å². The van der Waals surface area contributed by atoms with E-state index in [1.807, 2.05) is 13.8 Å². The van der Waals surface area contributed by atoms with Gasteiger partial charge in [0.25, 0.3) is 0 Å². The molecule has 0 aliphatic carbocycles. The molecule has 2 N–H and O–H groups in total. The Morgan fingerprint density at radius 2 is 1.93 bits per heavy atom. The maximum absolute atomic E-state index is 11.4. The van der Waals surface area contributed by atoms with Gasteiger partial charge in [-0.25, -0.2) is 4.79 Å². The molecular formula is C11H23NO2. The zero-order chi connectivity index (χ0) is 11.0. The number of hydrogen-bond donors (Lipinski definition) is 1. The summed E-state index contributed by atoms with van der Waals surface area (Å²) in [5.74, 6) is 4.63. The first-order valence-electron chi connectivity index (χ1n) is 5.52. The molecule has 1 unspecified atom stereocenters. The second-order valence-electron chi connectivity index (χ2n) is 4.13. The molecule has 0 spiro atoms. The average molecular weight is 201 g/mol. The van der Waals surface area contributed by atoms with E-state index < -0.39 is 0 Å². The van der Waals surface area contributed by atoms with E-state index in [9.17, 15) is 4.79 Å². The number of rotatable bonds is 7. The number of nitrogens with two attached hydrogens (primary N) is 1. The van der Waals surface area contributed by atoms with Crippen molar-refractivity contribution < 1.29 is 9.63 Å². The van der Waals surface area contributed by atoms with Crippen molar-refractivity contribution in [2.24, 2.45) is 11.3 Å². The molecule has 0 aromatic rings. The molecule has 0 fully saturated rings. The van der Waals surface area contributed by atoms with Crippen molar-refractivity contribution in [2.75, 3.05) is 0 Å². The van der Waals surface area contributed by atoms with Crippen LogP contribution < -0.4 is 5.90 Å². The zero-order valence-corrected chi connectivity index (χ0v) is 9.64. The van der Waals surface area contributed by atoms with Gasteiger partial charge in [0.15, 0.2) is 0 Å². The summed E-state index contributed by atoms with van der Waals surface area (Å²) in [4.78, 5) is 15.7. The minimum atomic E-state index is -0.386. The van der Waals surface area contributed by atoms with Crippen LogP contribution in [0.4, 0.5) is 0 Å².